The third kappa shape index (κ3) is 2.72. The van der Waals surface area contributed by atoms with E-state index >= 15 is 0 Å². The lowest BCUT2D eigenvalue weighted by Gasteiger charge is -2.13. The molecule has 2 atom stereocenters. The fraction of sp³-hybridized carbons (Fsp3) is 0.571. The number of nitrogens with one attached hydrogen (secondary N) is 1. The third-order valence-electron chi connectivity index (χ3n) is 4.05. The Morgan fingerprint density at radius 1 is 1.42 bits per heavy atom. The molecule has 1 fully saturated rings. The van der Waals surface area contributed by atoms with Gasteiger partial charge in [-0.25, -0.2) is 9.97 Å². The van der Waals surface area contributed by atoms with Crippen LogP contribution in [0, 0.1) is 6.92 Å². The molecule has 2 unspecified atom stereocenters. The number of aryl methyl sites for hydroxylation is 2. The summed E-state index contributed by atoms with van der Waals surface area (Å²) in [4.78, 5) is 10.1. The smallest absolute Gasteiger partial charge is 0.111 e. The maximum atomic E-state index is 4.48. The van der Waals surface area contributed by atoms with Gasteiger partial charge in [0, 0.05) is 42.8 Å². The van der Waals surface area contributed by atoms with Crippen LogP contribution in [0.15, 0.2) is 17.9 Å². The minimum absolute atomic E-state index is 0.611. The lowest BCUT2D eigenvalue weighted by atomic mass is 10.1. The summed E-state index contributed by atoms with van der Waals surface area (Å²) in [5.74, 6) is 1.85. The molecule has 2 aromatic rings. The first-order valence-electron chi connectivity index (χ1n) is 6.83. The third-order valence-corrected chi connectivity index (χ3v) is 4.99. The summed E-state index contributed by atoms with van der Waals surface area (Å²) in [7, 11) is 2.09. The Morgan fingerprint density at radius 2 is 2.32 bits per heavy atom. The van der Waals surface area contributed by atoms with E-state index in [2.05, 4.69) is 33.8 Å². The van der Waals surface area contributed by atoms with Crippen LogP contribution >= 0.6 is 11.3 Å². The molecule has 0 aromatic carbocycles. The standard InChI is InChI=1S/C14H20N4S/c1-10-13(19-9-17-10)8-16-12-4-3-11(7-12)14-15-5-6-18(14)2/h5-6,9,11-12,16H,3-4,7-8H2,1-2H3. The number of thiazole rings is 1. The van der Waals surface area contributed by atoms with Gasteiger partial charge < -0.3 is 9.88 Å². The van der Waals surface area contributed by atoms with Crippen molar-refractivity contribution in [3.05, 3.63) is 34.3 Å². The zero-order valence-electron chi connectivity index (χ0n) is 11.5. The van der Waals surface area contributed by atoms with Crippen molar-refractivity contribution in [1.82, 2.24) is 19.9 Å². The highest BCUT2D eigenvalue weighted by atomic mass is 32.1. The van der Waals surface area contributed by atoms with Gasteiger partial charge in [-0.2, -0.15) is 0 Å². The first kappa shape index (κ1) is 12.8. The van der Waals surface area contributed by atoms with Crippen LogP contribution in [0.2, 0.25) is 0 Å². The Balaban J connectivity index is 1.55. The van der Waals surface area contributed by atoms with E-state index in [9.17, 15) is 0 Å². The normalized spacial score (nSPS) is 23.1. The van der Waals surface area contributed by atoms with E-state index in [-0.39, 0.29) is 0 Å². The molecule has 19 heavy (non-hydrogen) atoms. The molecule has 102 valence electrons. The number of aromatic nitrogens is 3. The summed E-state index contributed by atoms with van der Waals surface area (Å²) in [6.07, 6.45) is 7.62. The van der Waals surface area contributed by atoms with Crippen LogP contribution in [-0.2, 0) is 13.6 Å². The zero-order valence-corrected chi connectivity index (χ0v) is 12.3. The van der Waals surface area contributed by atoms with Crippen LogP contribution in [0.4, 0.5) is 0 Å². The molecule has 0 saturated heterocycles. The quantitative estimate of drug-likeness (QED) is 0.933. The molecule has 1 N–H and O–H groups in total. The number of hydrogen-bond donors (Lipinski definition) is 1. The topological polar surface area (TPSA) is 42.7 Å². The van der Waals surface area contributed by atoms with E-state index in [0.29, 0.717) is 12.0 Å². The summed E-state index contributed by atoms with van der Waals surface area (Å²) in [6, 6.07) is 0.614. The van der Waals surface area contributed by atoms with E-state index < -0.39 is 0 Å². The lowest BCUT2D eigenvalue weighted by molar-refractivity contribution is 0.513. The van der Waals surface area contributed by atoms with Crippen molar-refractivity contribution >= 4 is 11.3 Å². The molecule has 1 aliphatic rings. The second kappa shape index (κ2) is 5.43. The van der Waals surface area contributed by atoms with Gasteiger partial charge in [0.25, 0.3) is 0 Å². The number of nitrogens with zero attached hydrogens (tertiary/aromatic N) is 3. The summed E-state index contributed by atoms with van der Waals surface area (Å²) < 4.78 is 2.15. The van der Waals surface area contributed by atoms with Crippen LogP contribution in [0.5, 0.6) is 0 Å². The van der Waals surface area contributed by atoms with Gasteiger partial charge in [-0.3, -0.25) is 0 Å². The molecule has 0 bridgehead atoms. The zero-order chi connectivity index (χ0) is 13.2. The predicted octanol–water partition coefficient (Wildman–Crippen LogP) is 2.61. The molecule has 3 rings (SSSR count). The van der Waals surface area contributed by atoms with E-state index in [4.69, 9.17) is 0 Å². The minimum atomic E-state index is 0.611. The Hall–Kier alpha value is -1.20. The Kier molecular flexibility index (Phi) is 3.66. The van der Waals surface area contributed by atoms with Crippen LogP contribution < -0.4 is 5.32 Å². The van der Waals surface area contributed by atoms with Crippen molar-refractivity contribution in [1.29, 1.82) is 0 Å². The number of imidazole rings is 1. The first-order valence-corrected chi connectivity index (χ1v) is 7.71. The fourth-order valence-corrected chi connectivity index (χ4v) is 3.63. The Morgan fingerprint density at radius 3 is 3.00 bits per heavy atom. The highest BCUT2D eigenvalue weighted by Gasteiger charge is 2.27. The van der Waals surface area contributed by atoms with Crippen molar-refractivity contribution in [2.45, 2.75) is 44.7 Å². The minimum Gasteiger partial charge on any atom is -0.338 e. The molecular weight excluding hydrogens is 256 g/mol. The molecular formula is C14H20N4S. The van der Waals surface area contributed by atoms with Gasteiger partial charge in [0.15, 0.2) is 0 Å². The van der Waals surface area contributed by atoms with Crippen LogP contribution in [0.1, 0.15) is 41.6 Å². The molecule has 2 aromatic heterocycles. The summed E-state index contributed by atoms with van der Waals surface area (Å²) in [5.41, 5.74) is 3.09. The molecule has 1 saturated carbocycles. The van der Waals surface area contributed by atoms with E-state index in [0.717, 1.165) is 12.2 Å². The predicted molar refractivity (Wildman–Crippen MR) is 77.3 cm³/mol. The van der Waals surface area contributed by atoms with Crippen molar-refractivity contribution in [3.63, 3.8) is 0 Å². The van der Waals surface area contributed by atoms with E-state index in [1.807, 2.05) is 17.9 Å². The molecule has 4 nitrogen and oxygen atoms in total. The van der Waals surface area contributed by atoms with Gasteiger partial charge in [-0.15, -0.1) is 11.3 Å². The average molecular weight is 276 g/mol. The maximum Gasteiger partial charge on any atom is 0.111 e. The largest absolute Gasteiger partial charge is 0.338 e. The molecule has 1 aliphatic carbocycles. The molecule has 0 spiro atoms. The lowest BCUT2D eigenvalue weighted by Crippen LogP contribution is -2.25. The van der Waals surface area contributed by atoms with Crippen molar-refractivity contribution in [2.75, 3.05) is 0 Å². The Labute approximate surface area is 117 Å². The van der Waals surface area contributed by atoms with E-state index in [1.54, 1.807) is 11.3 Å². The van der Waals surface area contributed by atoms with Gasteiger partial charge in [-0.05, 0) is 26.2 Å². The van der Waals surface area contributed by atoms with Crippen molar-refractivity contribution < 1.29 is 0 Å². The van der Waals surface area contributed by atoms with E-state index in [1.165, 1.54) is 30.0 Å². The monoisotopic (exact) mass is 276 g/mol. The molecule has 0 aliphatic heterocycles. The van der Waals surface area contributed by atoms with Crippen LogP contribution in [0.3, 0.4) is 0 Å². The Bertz CT molecular complexity index is 545. The van der Waals surface area contributed by atoms with Crippen molar-refractivity contribution in [3.8, 4) is 0 Å². The van der Waals surface area contributed by atoms with Gasteiger partial charge in [0.1, 0.15) is 5.82 Å². The molecule has 5 heteroatoms. The molecule has 0 amide bonds. The highest BCUT2D eigenvalue weighted by molar-refractivity contribution is 7.09. The SMILES string of the molecule is Cc1ncsc1CNC1CCC(c2nccn2C)C1. The molecule has 0 radical (unpaired) electrons. The van der Waals surface area contributed by atoms with Crippen molar-refractivity contribution in [2.24, 2.45) is 7.05 Å². The second-order valence-electron chi connectivity index (χ2n) is 5.35. The second-order valence-corrected chi connectivity index (χ2v) is 6.28. The highest BCUT2D eigenvalue weighted by Crippen LogP contribution is 2.33. The van der Waals surface area contributed by atoms with Gasteiger partial charge in [-0.1, -0.05) is 0 Å². The summed E-state index contributed by atoms with van der Waals surface area (Å²) in [6.45, 7) is 3.04. The average Bonchev–Trinajstić information content (AvgIpc) is 3.08. The van der Waals surface area contributed by atoms with Gasteiger partial charge >= 0.3 is 0 Å². The van der Waals surface area contributed by atoms with Crippen LogP contribution in [-0.4, -0.2) is 20.6 Å². The summed E-state index contributed by atoms with van der Waals surface area (Å²) >= 11 is 1.74. The van der Waals surface area contributed by atoms with Gasteiger partial charge in [0.2, 0.25) is 0 Å². The van der Waals surface area contributed by atoms with Gasteiger partial charge in [0.05, 0.1) is 11.2 Å². The summed E-state index contributed by atoms with van der Waals surface area (Å²) in [5, 5.41) is 3.67. The first-order chi connectivity index (χ1) is 9.24. The fourth-order valence-electron chi connectivity index (χ4n) is 2.90. The number of rotatable bonds is 4. The number of hydrogen-bond acceptors (Lipinski definition) is 4. The van der Waals surface area contributed by atoms with Crippen LogP contribution in [0.25, 0.3) is 0 Å². The maximum absolute atomic E-state index is 4.48. The molecule has 2 heterocycles.